The van der Waals surface area contributed by atoms with E-state index in [1.54, 1.807) is 43.3 Å². The maximum absolute atomic E-state index is 14.4. The highest BCUT2D eigenvalue weighted by atomic mass is 35.5. The Morgan fingerprint density at radius 2 is 1.86 bits per heavy atom. The van der Waals surface area contributed by atoms with Gasteiger partial charge in [-0.1, -0.05) is 50.1 Å². The molecule has 1 spiro atoms. The number of halogens is 1. The summed E-state index contributed by atoms with van der Waals surface area (Å²) < 4.78 is 0. The first-order valence-electron chi connectivity index (χ1n) is 12.5. The number of hydrogen-bond donors (Lipinski definition) is 4. The molecule has 0 heterocycles. The summed E-state index contributed by atoms with van der Waals surface area (Å²) in [5.74, 6) is -1.48. The van der Waals surface area contributed by atoms with Gasteiger partial charge in [0.1, 0.15) is 11.7 Å². The molecule has 2 fully saturated rings. The highest BCUT2D eigenvalue weighted by Gasteiger charge is 2.75. The van der Waals surface area contributed by atoms with E-state index in [1.807, 2.05) is 6.92 Å². The smallest absolute Gasteiger partial charge is 0.411 e. The van der Waals surface area contributed by atoms with Crippen molar-refractivity contribution in [2.24, 2.45) is 40.4 Å². The Balaban J connectivity index is 1.65. The second kappa shape index (κ2) is 8.15. The van der Waals surface area contributed by atoms with Crippen LogP contribution in [0.2, 0.25) is 5.02 Å². The Labute approximate surface area is 216 Å². The number of hydrogen-bond acceptors (Lipinski definition) is 5. The Kier molecular flexibility index (Phi) is 5.77. The molecule has 4 aliphatic rings. The van der Waals surface area contributed by atoms with E-state index in [9.17, 15) is 30.0 Å². The standard InChI is InChI=1S/C28H34ClNO6/c1-14-11-27-15(2)9-20-22(26(20,3)4)19(24(27)33)10-16(13-31)23(32)28(27,36)21(14)12-30(25(34)35)18-7-5-17(29)6-8-18/h5-8,10-11,15,19-23,31-32,36H,9,12-13H2,1-4H3,(H,34,35)/t15-,19+,20-,21-,22+,23-,27+,28-/m1/s1. The van der Waals surface area contributed by atoms with Crippen molar-refractivity contribution in [2.45, 2.75) is 45.8 Å². The average molecular weight is 516 g/mol. The second-order valence-corrected chi connectivity index (χ2v) is 12.2. The molecule has 1 aromatic rings. The van der Waals surface area contributed by atoms with Gasteiger partial charge in [-0.15, -0.1) is 0 Å². The van der Waals surface area contributed by atoms with Crippen LogP contribution in [0, 0.1) is 40.4 Å². The molecule has 0 unspecified atom stereocenters. The number of carbonyl (C=O) groups is 2. The lowest BCUT2D eigenvalue weighted by Crippen LogP contribution is -2.64. The van der Waals surface area contributed by atoms with Crippen LogP contribution in [0.4, 0.5) is 10.5 Å². The third-order valence-electron chi connectivity index (χ3n) is 9.90. The number of ketones is 1. The van der Waals surface area contributed by atoms with E-state index in [0.717, 1.165) is 4.90 Å². The largest absolute Gasteiger partial charge is 0.465 e. The highest BCUT2D eigenvalue weighted by molar-refractivity contribution is 6.30. The predicted molar refractivity (Wildman–Crippen MR) is 136 cm³/mol. The van der Waals surface area contributed by atoms with Crippen molar-refractivity contribution in [3.05, 3.63) is 52.6 Å². The molecule has 194 valence electrons. The molecule has 5 rings (SSSR count). The summed E-state index contributed by atoms with van der Waals surface area (Å²) in [4.78, 5) is 27.9. The topological polar surface area (TPSA) is 118 Å². The van der Waals surface area contributed by atoms with Crippen molar-refractivity contribution in [1.82, 2.24) is 0 Å². The third-order valence-corrected chi connectivity index (χ3v) is 10.2. The van der Waals surface area contributed by atoms with E-state index in [2.05, 4.69) is 13.8 Å². The predicted octanol–water partition coefficient (Wildman–Crippen LogP) is 3.91. The summed E-state index contributed by atoms with van der Waals surface area (Å²) in [5, 5.41) is 45.0. The molecular weight excluding hydrogens is 482 g/mol. The Hall–Kier alpha value is -2.19. The number of benzene rings is 1. The molecule has 0 aromatic heterocycles. The minimum atomic E-state index is -2.02. The Morgan fingerprint density at radius 1 is 1.22 bits per heavy atom. The number of Topliss-reactive ketones (excluding diaryl/α,β-unsaturated/α-hetero) is 1. The zero-order valence-corrected chi connectivity index (χ0v) is 21.7. The number of carboxylic acid groups (broad SMARTS) is 1. The number of rotatable bonds is 4. The van der Waals surface area contributed by atoms with Crippen molar-refractivity contribution in [1.29, 1.82) is 0 Å². The highest BCUT2D eigenvalue weighted by Crippen LogP contribution is 2.72. The van der Waals surface area contributed by atoms with Gasteiger partial charge in [0.25, 0.3) is 0 Å². The lowest BCUT2D eigenvalue weighted by Gasteiger charge is -2.50. The van der Waals surface area contributed by atoms with Crippen molar-refractivity contribution in [3.63, 3.8) is 0 Å². The van der Waals surface area contributed by atoms with E-state index in [4.69, 9.17) is 11.6 Å². The van der Waals surface area contributed by atoms with Crippen LogP contribution in [0.3, 0.4) is 0 Å². The maximum atomic E-state index is 14.4. The van der Waals surface area contributed by atoms with Gasteiger partial charge in [0.15, 0.2) is 5.78 Å². The molecule has 8 atom stereocenters. The second-order valence-electron chi connectivity index (χ2n) is 11.8. The fourth-order valence-electron chi connectivity index (χ4n) is 7.94. The van der Waals surface area contributed by atoms with Crippen LogP contribution >= 0.6 is 11.6 Å². The number of fused-ring (bicyclic) bond motifs is 3. The minimum absolute atomic E-state index is 0.0495. The quantitative estimate of drug-likeness (QED) is 0.451. The van der Waals surface area contributed by atoms with Crippen LogP contribution in [0.25, 0.3) is 0 Å². The van der Waals surface area contributed by atoms with Crippen LogP contribution in [0.1, 0.15) is 34.1 Å². The first-order chi connectivity index (χ1) is 16.8. The van der Waals surface area contributed by atoms with Gasteiger partial charge in [-0.25, -0.2) is 4.79 Å². The van der Waals surface area contributed by atoms with Gasteiger partial charge in [0.05, 0.1) is 12.0 Å². The van der Waals surface area contributed by atoms with E-state index >= 15 is 0 Å². The van der Waals surface area contributed by atoms with Crippen LogP contribution in [0.15, 0.2) is 47.6 Å². The molecule has 0 radical (unpaired) electrons. The van der Waals surface area contributed by atoms with Crippen LogP contribution in [0.5, 0.6) is 0 Å². The van der Waals surface area contributed by atoms with E-state index in [1.165, 1.54) is 0 Å². The number of allylic oxidation sites excluding steroid dienone is 1. The fourth-order valence-corrected chi connectivity index (χ4v) is 8.06. The van der Waals surface area contributed by atoms with E-state index < -0.39 is 41.7 Å². The summed E-state index contributed by atoms with van der Waals surface area (Å²) in [7, 11) is 0. The van der Waals surface area contributed by atoms with Gasteiger partial charge in [0.2, 0.25) is 0 Å². The molecule has 1 amide bonds. The maximum Gasteiger partial charge on any atom is 0.411 e. The normalized spacial score (nSPS) is 40.3. The number of carbonyl (C=O) groups excluding carboxylic acids is 1. The van der Waals surface area contributed by atoms with Crippen LogP contribution in [-0.2, 0) is 4.79 Å². The molecule has 36 heavy (non-hydrogen) atoms. The number of amides is 1. The van der Waals surface area contributed by atoms with Gasteiger partial charge in [-0.2, -0.15) is 0 Å². The van der Waals surface area contributed by atoms with Crippen molar-refractivity contribution in [3.8, 4) is 0 Å². The molecule has 0 saturated heterocycles. The Bertz CT molecular complexity index is 1170. The number of aliphatic hydroxyl groups excluding tert-OH is 2. The molecule has 8 heteroatoms. The molecule has 0 aliphatic heterocycles. The van der Waals surface area contributed by atoms with Gasteiger partial charge >= 0.3 is 6.09 Å². The molecule has 1 aromatic carbocycles. The SMILES string of the molecule is CC1=C[C@]23C(=O)[C@@H](C=C(CO)[C@@H](O)[C@]2(O)[C@@H]1CN(C(=O)O)c1ccc(Cl)cc1)[C@H]1[C@@H](C[C@H]3C)C1(C)C. The number of aliphatic hydroxyl groups is 3. The van der Waals surface area contributed by atoms with E-state index in [0.29, 0.717) is 22.7 Å². The fraction of sp³-hybridized carbons (Fsp3) is 0.571. The van der Waals surface area contributed by atoms with Gasteiger partial charge < -0.3 is 20.4 Å². The summed E-state index contributed by atoms with van der Waals surface area (Å²) in [6.45, 7) is 7.37. The van der Waals surface area contributed by atoms with Crippen molar-refractivity contribution < 1.29 is 30.0 Å². The van der Waals surface area contributed by atoms with Crippen molar-refractivity contribution >= 4 is 29.2 Å². The number of anilines is 1. The molecular formula is C28H34ClNO6. The molecule has 7 nitrogen and oxygen atoms in total. The monoisotopic (exact) mass is 515 g/mol. The molecule has 2 saturated carbocycles. The zero-order valence-electron chi connectivity index (χ0n) is 21.0. The van der Waals surface area contributed by atoms with Crippen LogP contribution in [-0.4, -0.2) is 57.2 Å². The zero-order chi connectivity index (χ0) is 26.4. The molecule has 4 aliphatic carbocycles. The summed E-state index contributed by atoms with van der Waals surface area (Å²) in [6.07, 6.45) is 1.44. The third kappa shape index (κ3) is 3.16. The van der Waals surface area contributed by atoms with Gasteiger partial charge in [-0.3, -0.25) is 9.69 Å². The van der Waals surface area contributed by atoms with Gasteiger partial charge in [0, 0.05) is 29.1 Å². The average Bonchev–Trinajstić information content (AvgIpc) is 3.30. The number of nitrogens with zero attached hydrogens (tertiary/aromatic N) is 1. The van der Waals surface area contributed by atoms with Crippen LogP contribution < -0.4 is 4.90 Å². The van der Waals surface area contributed by atoms with Gasteiger partial charge in [-0.05, 0) is 66.4 Å². The van der Waals surface area contributed by atoms with Crippen molar-refractivity contribution in [2.75, 3.05) is 18.1 Å². The first-order valence-corrected chi connectivity index (χ1v) is 12.9. The minimum Gasteiger partial charge on any atom is -0.465 e. The lowest BCUT2D eigenvalue weighted by molar-refractivity contribution is -0.176. The summed E-state index contributed by atoms with van der Waals surface area (Å²) in [5.41, 5.74) is -2.22. The summed E-state index contributed by atoms with van der Waals surface area (Å²) >= 11 is 6.00. The van der Waals surface area contributed by atoms with E-state index in [-0.39, 0.29) is 41.1 Å². The first kappa shape index (κ1) is 25.5. The molecule has 2 bridgehead atoms. The lowest BCUT2D eigenvalue weighted by atomic mass is 9.57. The summed E-state index contributed by atoms with van der Waals surface area (Å²) in [6, 6.07) is 6.34. The Morgan fingerprint density at radius 3 is 2.44 bits per heavy atom. The molecule has 4 N–H and O–H groups in total.